The molecule has 0 heterocycles. The summed E-state index contributed by atoms with van der Waals surface area (Å²) in [7, 11) is 0. The Morgan fingerprint density at radius 3 is 0.597 bits per heavy atom. The van der Waals surface area contributed by atoms with Gasteiger partial charge in [0.25, 0.3) is 0 Å². The lowest BCUT2D eigenvalue weighted by Gasteiger charge is -2.26. The molecule has 77 heavy (non-hydrogen) atoms. The number of rotatable bonds is 10. The zero-order valence-corrected chi connectivity index (χ0v) is 44.2. The molecule has 0 unspecified atom stereocenters. The van der Waals surface area contributed by atoms with Gasteiger partial charge in [0.1, 0.15) is 0 Å². The Bertz CT molecular complexity index is 3840. The van der Waals surface area contributed by atoms with E-state index in [1.807, 2.05) is 0 Å². The van der Waals surface area contributed by atoms with Gasteiger partial charge in [-0.25, -0.2) is 0 Å². The van der Waals surface area contributed by atoms with E-state index in [1.165, 1.54) is 115 Å². The number of nitrogens with zero attached hydrogens (tertiary/aromatic N) is 2. The molecule has 2 nitrogen and oxygen atoms in total. The Morgan fingerprint density at radius 1 is 0.182 bits per heavy atom. The summed E-state index contributed by atoms with van der Waals surface area (Å²) >= 11 is 0. The van der Waals surface area contributed by atoms with Crippen LogP contribution in [0.1, 0.15) is 27.8 Å². The van der Waals surface area contributed by atoms with Crippen LogP contribution in [0.4, 0.5) is 34.1 Å². The fourth-order valence-electron chi connectivity index (χ4n) is 11.8. The SMILES string of the molecule is Cc1ccc(N(c2ccc(C)cc2)c2ccc(-c3c4ccccc4c(-c4cc(C)cc(-c5c6ccccc6c(-c6ccc(N(c7ccc(C)cc7)c7ccc(C)cc7)cc6)c6ccccc56)c4)c4ccccc34)cc2)cc1. The van der Waals surface area contributed by atoms with Crippen molar-refractivity contribution in [2.45, 2.75) is 34.6 Å². The van der Waals surface area contributed by atoms with Crippen LogP contribution in [-0.2, 0) is 0 Å². The molecule has 0 bridgehead atoms. The third-order valence-electron chi connectivity index (χ3n) is 15.5. The largest absolute Gasteiger partial charge is 0.311 e. The second kappa shape index (κ2) is 19.6. The topological polar surface area (TPSA) is 6.48 Å². The second-order valence-corrected chi connectivity index (χ2v) is 20.9. The Morgan fingerprint density at radius 2 is 0.377 bits per heavy atom. The van der Waals surface area contributed by atoms with E-state index in [4.69, 9.17) is 0 Å². The first-order chi connectivity index (χ1) is 37.7. The molecule has 13 aromatic carbocycles. The van der Waals surface area contributed by atoms with Gasteiger partial charge in [0.15, 0.2) is 0 Å². The predicted molar refractivity (Wildman–Crippen MR) is 331 cm³/mol. The van der Waals surface area contributed by atoms with Crippen LogP contribution in [0.25, 0.3) is 87.6 Å². The van der Waals surface area contributed by atoms with Crippen LogP contribution >= 0.6 is 0 Å². The highest BCUT2D eigenvalue weighted by Crippen LogP contribution is 2.49. The minimum Gasteiger partial charge on any atom is -0.311 e. The molecule has 0 aliphatic carbocycles. The van der Waals surface area contributed by atoms with Crippen molar-refractivity contribution in [3.05, 3.63) is 289 Å². The Kier molecular flexibility index (Phi) is 12.1. The zero-order valence-electron chi connectivity index (χ0n) is 44.2. The van der Waals surface area contributed by atoms with Crippen LogP contribution in [0.2, 0.25) is 0 Å². The number of hydrogen-bond acceptors (Lipinski definition) is 2. The lowest BCUT2D eigenvalue weighted by molar-refractivity contribution is 1.27. The number of hydrogen-bond donors (Lipinski definition) is 0. The van der Waals surface area contributed by atoms with Crippen molar-refractivity contribution in [3.63, 3.8) is 0 Å². The highest BCUT2D eigenvalue weighted by molar-refractivity contribution is 6.24. The molecule has 0 aromatic heterocycles. The smallest absolute Gasteiger partial charge is 0.0462 e. The normalized spacial score (nSPS) is 11.4. The van der Waals surface area contributed by atoms with Gasteiger partial charge in [0.2, 0.25) is 0 Å². The highest BCUT2D eigenvalue weighted by Gasteiger charge is 2.22. The monoisotopic (exact) mass is 986 g/mol. The van der Waals surface area contributed by atoms with E-state index in [1.54, 1.807) is 0 Å². The number of anilines is 6. The Balaban J connectivity index is 0.936. The minimum absolute atomic E-state index is 1.11. The molecule has 0 saturated carbocycles. The molecule has 0 N–H and O–H groups in total. The molecule has 0 fully saturated rings. The number of fused-ring (bicyclic) bond motifs is 4. The van der Waals surface area contributed by atoms with E-state index in [0.717, 1.165) is 34.1 Å². The molecular weight excluding hydrogens is 929 g/mol. The maximum absolute atomic E-state index is 2.45. The van der Waals surface area contributed by atoms with Crippen molar-refractivity contribution in [1.82, 2.24) is 0 Å². The van der Waals surface area contributed by atoms with Crippen LogP contribution in [0.15, 0.2) is 261 Å². The molecule has 0 spiro atoms. The fourth-order valence-corrected chi connectivity index (χ4v) is 11.8. The van der Waals surface area contributed by atoms with Crippen LogP contribution in [0.3, 0.4) is 0 Å². The van der Waals surface area contributed by atoms with Crippen molar-refractivity contribution in [2.24, 2.45) is 0 Å². The summed E-state index contributed by atoms with van der Waals surface area (Å²) in [5.74, 6) is 0. The third kappa shape index (κ3) is 8.68. The van der Waals surface area contributed by atoms with Gasteiger partial charge in [-0.1, -0.05) is 204 Å². The maximum atomic E-state index is 2.45. The number of aryl methyl sites for hydroxylation is 5. The Labute approximate surface area is 452 Å². The Hall–Kier alpha value is -9.50. The summed E-state index contributed by atoms with van der Waals surface area (Å²) in [5.41, 5.74) is 22.7. The van der Waals surface area contributed by atoms with Gasteiger partial charge in [-0.3, -0.25) is 0 Å². The summed E-state index contributed by atoms with van der Waals surface area (Å²) in [6, 6.07) is 96.9. The lowest BCUT2D eigenvalue weighted by atomic mass is 9.83. The van der Waals surface area contributed by atoms with Crippen molar-refractivity contribution in [2.75, 3.05) is 9.80 Å². The summed E-state index contributed by atoms with van der Waals surface area (Å²) in [5, 5.41) is 9.88. The molecular formula is C75H58N2. The highest BCUT2D eigenvalue weighted by atomic mass is 15.1. The van der Waals surface area contributed by atoms with Gasteiger partial charge in [0.05, 0.1) is 0 Å². The van der Waals surface area contributed by atoms with Crippen LogP contribution in [0, 0.1) is 34.6 Å². The predicted octanol–water partition coefficient (Wildman–Crippen LogP) is 21.4. The first kappa shape index (κ1) is 47.2. The minimum atomic E-state index is 1.11. The van der Waals surface area contributed by atoms with Crippen molar-refractivity contribution >= 4 is 77.2 Å². The molecule has 368 valence electrons. The third-order valence-corrected chi connectivity index (χ3v) is 15.5. The maximum Gasteiger partial charge on any atom is 0.0462 e. The van der Waals surface area contributed by atoms with E-state index >= 15 is 0 Å². The van der Waals surface area contributed by atoms with Gasteiger partial charge in [-0.2, -0.15) is 0 Å². The summed E-state index contributed by atoms with van der Waals surface area (Å²) < 4.78 is 0. The van der Waals surface area contributed by atoms with Gasteiger partial charge >= 0.3 is 0 Å². The fraction of sp³-hybridized carbons (Fsp3) is 0.0667. The molecule has 13 rings (SSSR count). The average molecular weight is 987 g/mol. The first-order valence-electron chi connectivity index (χ1n) is 26.8. The molecule has 0 aliphatic heterocycles. The lowest BCUT2D eigenvalue weighted by Crippen LogP contribution is -2.09. The summed E-state index contributed by atoms with van der Waals surface area (Å²) in [6.07, 6.45) is 0. The van der Waals surface area contributed by atoms with Crippen LogP contribution in [-0.4, -0.2) is 0 Å². The van der Waals surface area contributed by atoms with Crippen molar-refractivity contribution in [1.29, 1.82) is 0 Å². The standard InChI is InChI=1S/C75H58N2/c1-49-22-34-58(35-23-49)76(59-36-24-50(2)25-37-59)62-42-30-54(31-43-62)72-64-14-6-10-18-68(64)74(69-19-11-7-15-65(69)72)56-46-53(5)47-57(48-56)75-70-20-12-8-16-66(70)73(67-17-9-13-21-71(67)75)55-32-44-63(45-33-55)77(60-38-26-51(3)27-39-60)61-40-28-52(4)29-41-61/h6-48H,1-5H3. The van der Waals surface area contributed by atoms with E-state index in [9.17, 15) is 0 Å². The summed E-state index contributed by atoms with van der Waals surface area (Å²) in [6.45, 7) is 10.8. The average Bonchev–Trinajstić information content (AvgIpc) is 3.47. The zero-order chi connectivity index (χ0) is 52.1. The van der Waals surface area contributed by atoms with E-state index in [2.05, 4.69) is 305 Å². The van der Waals surface area contributed by atoms with Gasteiger partial charge in [0, 0.05) is 34.1 Å². The molecule has 0 saturated heterocycles. The molecule has 0 atom stereocenters. The van der Waals surface area contributed by atoms with E-state index < -0.39 is 0 Å². The van der Waals surface area contributed by atoms with Crippen molar-refractivity contribution < 1.29 is 0 Å². The van der Waals surface area contributed by atoms with Gasteiger partial charge < -0.3 is 9.80 Å². The van der Waals surface area contributed by atoms with Crippen molar-refractivity contribution in [3.8, 4) is 44.5 Å². The van der Waals surface area contributed by atoms with E-state index in [0.29, 0.717) is 0 Å². The summed E-state index contributed by atoms with van der Waals surface area (Å²) in [4.78, 5) is 4.70. The molecule has 2 heteroatoms. The van der Waals surface area contributed by atoms with E-state index in [-0.39, 0.29) is 0 Å². The van der Waals surface area contributed by atoms with Crippen LogP contribution in [0.5, 0.6) is 0 Å². The first-order valence-corrected chi connectivity index (χ1v) is 26.8. The number of benzene rings is 13. The van der Waals surface area contributed by atoms with Crippen LogP contribution < -0.4 is 9.80 Å². The molecule has 13 aromatic rings. The second-order valence-electron chi connectivity index (χ2n) is 20.9. The van der Waals surface area contributed by atoms with Gasteiger partial charge in [-0.15, -0.1) is 0 Å². The quantitative estimate of drug-likeness (QED) is 0.126. The van der Waals surface area contributed by atoms with Gasteiger partial charge in [-0.05, 0) is 207 Å². The molecule has 0 radical (unpaired) electrons. The molecule has 0 amide bonds. The molecule has 0 aliphatic rings.